The molecule has 0 bridgehead atoms. The van der Waals surface area contributed by atoms with E-state index < -0.39 is 11.0 Å². The van der Waals surface area contributed by atoms with Gasteiger partial charge in [0, 0.05) is 13.1 Å². The van der Waals surface area contributed by atoms with E-state index in [1.54, 1.807) is 4.90 Å². The molecule has 0 radical (unpaired) electrons. The minimum atomic E-state index is -0.622. The minimum Gasteiger partial charge on any atom is -0.466 e. The van der Waals surface area contributed by atoms with E-state index in [0.29, 0.717) is 39.0 Å². The molecule has 166 valence electrons. The summed E-state index contributed by atoms with van der Waals surface area (Å²) in [4.78, 5) is 27.1. The van der Waals surface area contributed by atoms with Crippen LogP contribution in [0.4, 0.5) is 4.79 Å². The normalized spacial score (nSPS) is 15.9. The average Bonchev–Trinajstić information content (AvgIpc) is 2.74. The first-order chi connectivity index (χ1) is 14.7. The maximum absolute atomic E-state index is 13.0. The number of nitrogens with zero attached hydrogens (tertiary/aromatic N) is 1. The van der Waals surface area contributed by atoms with Crippen molar-refractivity contribution >= 4 is 12.1 Å². The molecule has 0 spiro atoms. The number of likely N-dealkylation sites (tertiary alicyclic amines) is 1. The maximum Gasteiger partial charge on any atom is 0.410 e. The number of benzene rings is 2. The molecule has 5 heteroatoms. The van der Waals surface area contributed by atoms with Gasteiger partial charge in [-0.15, -0.1) is 0 Å². The number of esters is 1. The van der Waals surface area contributed by atoms with Crippen LogP contribution in [0.1, 0.15) is 46.1 Å². The molecule has 0 atom stereocenters. The number of hydrogen-bond acceptors (Lipinski definition) is 4. The number of rotatable bonds is 5. The van der Waals surface area contributed by atoms with E-state index in [4.69, 9.17) is 9.47 Å². The zero-order valence-corrected chi connectivity index (χ0v) is 19.0. The Morgan fingerprint density at radius 2 is 1.52 bits per heavy atom. The Balaban J connectivity index is 1.73. The molecule has 1 aliphatic heterocycles. The van der Waals surface area contributed by atoms with Gasteiger partial charge in [0.1, 0.15) is 5.60 Å². The van der Waals surface area contributed by atoms with Crippen LogP contribution in [0.2, 0.25) is 0 Å². The third-order valence-corrected chi connectivity index (χ3v) is 5.68. The van der Waals surface area contributed by atoms with Gasteiger partial charge in [0.2, 0.25) is 0 Å². The van der Waals surface area contributed by atoms with Gasteiger partial charge in [-0.25, -0.2) is 4.79 Å². The van der Waals surface area contributed by atoms with E-state index in [1.165, 1.54) is 5.56 Å². The summed E-state index contributed by atoms with van der Waals surface area (Å²) in [7, 11) is 0. The lowest BCUT2D eigenvalue weighted by atomic mass is 9.73. The third-order valence-electron chi connectivity index (χ3n) is 5.68. The first kappa shape index (κ1) is 22.9. The average molecular weight is 424 g/mol. The Morgan fingerprint density at radius 1 is 0.935 bits per heavy atom. The second-order valence-electron chi connectivity index (χ2n) is 9.21. The Hall–Kier alpha value is -2.82. The number of hydrogen-bond donors (Lipinski definition) is 0. The molecule has 2 aromatic rings. The SMILES string of the molecule is CCOC(=O)C1(Cc2ccc(-c3ccccc3)cc2)CCN(C(=O)OC(C)(C)C)CC1. The molecule has 31 heavy (non-hydrogen) atoms. The van der Waals surface area contributed by atoms with Crippen molar-refractivity contribution in [2.45, 2.75) is 52.6 Å². The van der Waals surface area contributed by atoms with Gasteiger partial charge in [-0.3, -0.25) is 4.79 Å². The van der Waals surface area contributed by atoms with E-state index in [9.17, 15) is 9.59 Å². The molecule has 5 nitrogen and oxygen atoms in total. The zero-order valence-electron chi connectivity index (χ0n) is 19.0. The molecular formula is C26H33NO4. The first-order valence-electron chi connectivity index (χ1n) is 11.0. The Morgan fingerprint density at radius 3 is 2.06 bits per heavy atom. The predicted molar refractivity (Wildman–Crippen MR) is 122 cm³/mol. The van der Waals surface area contributed by atoms with Crippen molar-refractivity contribution in [3.05, 3.63) is 60.2 Å². The first-order valence-corrected chi connectivity index (χ1v) is 11.0. The van der Waals surface area contributed by atoms with E-state index in [2.05, 4.69) is 36.4 Å². The Bertz CT molecular complexity index is 876. The lowest BCUT2D eigenvalue weighted by Gasteiger charge is -2.40. The van der Waals surface area contributed by atoms with Crippen molar-refractivity contribution < 1.29 is 19.1 Å². The topological polar surface area (TPSA) is 55.8 Å². The van der Waals surface area contributed by atoms with Gasteiger partial charge in [-0.1, -0.05) is 54.6 Å². The summed E-state index contributed by atoms with van der Waals surface area (Å²) in [5, 5.41) is 0. The fraction of sp³-hybridized carbons (Fsp3) is 0.462. The number of carbonyl (C=O) groups is 2. The predicted octanol–water partition coefficient (Wildman–Crippen LogP) is 5.48. The minimum absolute atomic E-state index is 0.175. The van der Waals surface area contributed by atoms with Crippen molar-refractivity contribution in [1.82, 2.24) is 4.90 Å². The second kappa shape index (κ2) is 9.54. The second-order valence-corrected chi connectivity index (χ2v) is 9.21. The Kier molecular flexibility index (Phi) is 7.04. The van der Waals surface area contributed by atoms with E-state index in [0.717, 1.165) is 11.1 Å². The Labute approximate surface area is 185 Å². The van der Waals surface area contributed by atoms with Gasteiger partial charge in [0.05, 0.1) is 12.0 Å². The molecule has 2 aromatic carbocycles. The van der Waals surface area contributed by atoms with Crippen LogP contribution < -0.4 is 0 Å². The summed E-state index contributed by atoms with van der Waals surface area (Å²) in [6.45, 7) is 8.72. The fourth-order valence-corrected chi connectivity index (χ4v) is 4.02. The highest BCUT2D eigenvalue weighted by Gasteiger charge is 2.44. The van der Waals surface area contributed by atoms with Gasteiger partial charge < -0.3 is 14.4 Å². The molecule has 1 amide bonds. The van der Waals surface area contributed by atoms with Crippen LogP contribution in [0.25, 0.3) is 11.1 Å². The summed E-state index contributed by atoms with van der Waals surface area (Å²) in [6, 6.07) is 18.6. The van der Waals surface area contributed by atoms with Crippen molar-refractivity contribution in [2.24, 2.45) is 5.41 Å². The van der Waals surface area contributed by atoms with Crippen LogP contribution >= 0.6 is 0 Å². The van der Waals surface area contributed by atoms with E-state index in [1.807, 2.05) is 45.9 Å². The number of piperidine rings is 1. The number of ether oxygens (including phenoxy) is 2. The fourth-order valence-electron chi connectivity index (χ4n) is 4.02. The van der Waals surface area contributed by atoms with Crippen molar-refractivity contribution in [3.63, 3.8) is 0 Å². The highest BCUT2D eigenvalue weighted by atomic mass is 16.6. The van der Waals surface area contributed by atoms with Gasteiger partial charge >= 0.3 is 12.1 Å². The van der Waals surface area contributed by atoms with Crippen molar-refractivity contribution in [3.8, 4) is 11.1 Å². The molecule has 0 aromatic heterocycles. The van der Waals surface area contributed by atoms with Crippen molar-refractivity contribution in [2.75, 3.05) is 19.7 Å². The molecule has 0 aliphatic carbocycles. The summed E-state index contributed by atoms with van der Waals surface area (Å²) < 4.78 is 11.0. The molecule has 1 saturated heterocycles. The number of carbonyl (C=O) groups excluding carboxylic acids is 2. The number of amides is 1. The van der Waals surface area contributed by atoms with Gasteiger partial charge in [-0.2, -0.15) is 0 Å². The van der Waals surface area contributed by atoms with E-state index >= 15 is 0 Å². The monoisotopic (exact) mass is 423 g/mol. The summed E-state index contributed by atoms with van der Waals surface area (Å²) in [6.07, 6.45) is 1.40. The highest BCUT2D eigenvalue weighted by molar-refractivity contribution is 5.78. The molecule has 1 aliphatic rings. The molecule has 3 rings (SSSR count). The van der Waals surface area contributed by atoms with Gasteiger partial charge in [0.15, 0.2) is 0 Å². The largest absolute Gasteiger partial charge is 0.466 e. The van der Waals surface area contributed by atoms with Crippen LogP contribution in [0, 0.1) is 5.41 Å². The van der Waals surface area contributed by atoms with Crippen LogP contribution in [0.5, 0.6) is 0 Å². The summed E-state index contributed by atoms with van der Waals surface area (Å²) in [5.74, 6) is -0.175. The van der Waals surface area contributed by atoms with Gasteiger partial charge in [-0.05, 0) is 63.6 Å². The lowest BCUT2D eigenvalue weighted by molar-refractivity contribution is -0.158. The zero-order chi connectivity index (χ0) is 22.5. The van der Waals surface area contributed by atoms with E-state index in [-0.39, 0.29) is 12.1 Å². The molecule has 1 fully saturated rings. The molecule has 0 saturated carbocycles. The van der Waals surface area contributed by atoms with Crippen LogP contribution in [-0.2, 0) is 20.7 Å². The van der Waals surface area contributed by atoms with Crippen LogP contribution in [0.3, 0.4) is 0 Å². The van der Waals surface area contributed by atoms with Crippen LogP contribution in [0.15, 0.2) is 54.6 Å². The molecular weight excluding hydrogens is 390 g/mol. The third kappa shape index (κ3) is 5.87. The van der Waals surface area contributed by atoms with Gasteiger partial charge in [0.25, 0.3) is 0 Å². The lowest BCUT2D eigenvalue weighted by Crippen LogP contribution is -2.49. The smallest absolute Gasteiger partial charge is 0.410 e. The van der Waals surface area contributed by atoms with Crippen molar-refractivity contribution in [1.29, 1.82) is 0 Å². The summed E-state index contributed by atoms with van der Waals surface area (Å²) >= 11 is 0. The molecule has 1 heterocycles. The standard InChI is InChI=1S/C26H33NO4/c1-5-30-23(28)26(15-17-27(18-16-26)24(29)31-25(2,3)4)19-20-11-13-22(14-12-20)21-9-7-6-8-10-21/h6-14H,5,15-19H2,1-4H3. The molecule has 0 unspecified atom stereocenters. The molecule has 0 N–H and O–H groups in total. The summed E-state index contributed by atoms with van der Waals surface area (Å²) in [5.41, 5.74) is 2.25. The maximum atomic E-state index is 13.0. The quantitative estimate of drug-likeness (QED) is 0.598. The highest BCUT2D eigenvalue weighted by Crippen LogP contribution is 2.37. The van der Waals surface area contributed by atoms with Crippen LogP contribution in [-0.4, -0.2) is 42.3 Å².